The summed E-state index contributed by atoms with van der Waals surface area (Å²) in [4.78, 5) is 15.6. The fraction of sp³-hybridized carbons (Fsp3) is 0.600. The quantitative estimate of drug-likeness (QED) is 0.779. The molecule has 0 saturated heterocycles. The first kappa shape index (κ1) is 12.0. The van der Waals surface area contributed by atoms with Crippen molar-refractivity contribution in [2.24, 2.45) is 7.05 Å². The van der Waals surface area contributed by atoms with Gasteiger partial charge in [0.2, 0.25) is 0 Å². The largest absolute Gasteiger partial charge is 0.348 e. The molecule has 0 aliphatic rings. The summed E-state index contributed by atoms with van der Waals surface area (Å²) in [5, 5.41) is 2.87. The van der Waals surface area contributed by atoms with E-state index in [0.29, 0.717) is 11.6 Å². The average molecular weight is 230 g/mol. The van der Waals surface area contributed by atoms with Gasteiger partial charge in [0.05, 0.1) is 6.33 Å². The van der Waals surface area contributed by atoms with Crippen molar-refractivity contribution < 1.29 is 4.79 Å². The summed E-state index contributed by atoms with van der Waals surface area (Å²) in [6.45, 7) is 1.97. The molecular formula is C10H16ClN3O. The van der Waals surface area contributed by atoms with E-state index in [4.69, 9.17) is 11.6 Å². The van der Waals surface area contributed by atoms with Crippen molar-refractivity contribution >= 4 is 17.5 Å². The van der Waals surface area contributed by atoms with Crippen LogP contribution in [0.15, 0.2) is 12.5 Å². The minimum atomic E-state index is -0.127. The molecule has 1 aromatic rings. The highest BCUT2D eigenvalue weighted by molar-refractivity contribution is 6.17. The lowest BCUT2D eigenvalue weighted by atomic mass is 10.2. The van der Waals surface area contributed by atoms with E-state index in [9.17, 15) is 4.79 Å². The zero-order valence-corrected chi connectivity index (χ0v) is 9.79. The smallest absolute Gasteiger partial charge is 0.271 e. The van der Waals surface area contributed by atoms with Crippen molar-refractivity contribution in [2.45, 2.75) is 25.8 Å². The molecule has 0 aliphatic heterocycles. The van der Waals surface area contributed by atoms with Crippen LogP contribution >= 0.6 is 11.6 Å². The normalized spacial score (nSPS) is 12.5. The van der Waals surface area contributed by atoms with Gasteiger partial charge in [0.15, 0.2) is 0 Å². The fourth-order valence-corrected chi connectivity index (χ4v) is 1.44. The molecule has 4 nitrogen and oxygen atoms in total. The van der Waals surface area contributed by atoms with Gasteiger partial charge < -0.3 is 9.88 Å². The topological polar surface area (TPSA) is 46.9 Å². The number of nitrogens with zero attached hydrogens (tertiary/aromatic N) is 2. The number of aryl methyl sites for hydroxylation is 1. The van der Waals surface area contributed by atoms with E-state index in [-0.39, 0.29) is 11.9 Å². The van der Waals surface area contributed by atoms with Gasteiger partial charge in [-0.3, -0.25) is 4.79 Å². The molecule has 1 heterocycles. The first-order chi connectivity index (χ1) is 7.13. The van der Waals surface area contributed by atoms with Gasteiger partial charge in [-0.1, -0.05) is 0 Å². The third-order valence-electron chi connectivity index (χ3n) is 2.09. The number of alkyl halides is 1. The van der Waals surface area contributed by atoms with E-state index in [1.165, 1.54) is 0 Å². The molecule has 0 saturated carbocycles. The van der Waals surface area contributed by atoms with Crippen LogP contribution in [0.3, 0.4) is 0 Å². The fourth-order valence-electron chi connectivity index (χ4n) is 1.28. The van der Waals surface area contributed by atoms with Gasteiger partial charge in [-0.05, 0) is 19.8 Å². The van der Waals surface area contributed by atoms with Gasteiger partial charge in [-0.2, -0.15) is 0 Å². The molecule has 0 bridgehead atoms. The van der Waals surface area contributed by atoms with Crippen molar-refractivity contribution in [3.63, 3.8) is 0 Å². The van der Waals surface area contributed by atoms with Crippen molar-refractivity contribution in [1.82, 2.24) is 14.9 Å². The second kappa shape index (κ2) is 5.75. The van der Waals surface area contributed by atoms with Gasteiger partial charge >= 0.3 is 0 Å². The maximum atomic E-state index is 11.6. The van der Waals surface area contributed by atoms with Crippen molar-refractivity contribution in [2.75, 3.05) is 5.88 Å². The van der Waals surface area contributed by atoms with Crippen LogP contribution in [0.5, 0.6) is 0 Å². The molecule has 1 unspecified atom stereocenters. The summed E-state index contributed by atoms with van der Waals surface area (Å²) in [7, 11) is 1.83. The number of carbonyl (C=O) groups excluding carboxylic acids is 1. The van der Waals surface area contributed by atoms with Gasteiger partial charge in [0, 0.05) is 25.2 Å². The lowest BCUT2D eigenvalue weighted by molar-refractivity contribution is 0.0933. The second-order valence-corrected chi connectivity index (χ2v) is 4.01. The molecule has 5 heteroatoms. The molecule has 0 aliphatic carbocycles. The lowest BCUT2D eigenvalue weighted by Gasteiger charge is -2.11. The molecule has 0 fully saturated rings. The first-order valence-electron chi connectivity index (χ1n) is 4.98. The SMILES string of the molecule is CC(CCCCl)NC(=O)c1cn(C)cn1. The van der Waals surface area contributed by atoms with E-state index in [1.54, 1.807) is 17.1 Å². The van der Waals surface area contributed by atoms with Crippen LogP contribution in [0.2, 0.25) is 0 Å². The van der Waals surface area contributed by atoms with E-state index in [1.807, 2.05) is 14.0 Å². The Kier molecular flexibility index (Phi) is 4.62. The number of imidazole rings is 1. The van der Waals surface area contributed by atoms with Crippen LogP contribution in [0, 0.1) is 0 Å². The Labute approximate surface area is 94.6 Å². The average Bonchev–Trinajstić information content (AvgIpc) is 2.61. The predicted octanol–water partition coefficient (Wildman–Crippen LogP) is 1.56. The summed E-state index contributed by atoms with van der Waals surface area (Å²) in [5.74, 6) is 0.502. The molecule has 0 radical (unpaired) electrons. The van der Waals surface area contributed by atoms with Crippen molar-refractivity contribution in [1.29, 1.82) is 0 Å². The van der Waals surface area contributed by atoms with E-state index in [0.717, 1.165) is 12.8 Å². The molecule has 1 aromatic heterocycles. The molecule has 1 N–H and O–H groups in total. The Morgan fingerprint density at radius 2 is 2.47 bits per heavy atom. The van der Waals surface area contributed by atoms with Gasteiger partial charge in [0.1, 0.15) is 5.69 Å². The molecule has 1 rings (SSSR count). The Morgan fingerprint density at radius 3 is 3.00 bits per heavy atom. The molecule has 0 spiro atoms. The maximum absolute atomic E-state index is 11.6. The minimum Gasteiger partial charge on any atom is -0.348 e. The highest BCUT2D eigenvalue weighted by atomic mass is 35.5. The van der Waals surface area contributed by atoms with Crippen LogP contribution in [-0.4, -0.2) is 27.4 Å². The van der Waals surface area contributed by atoms with E-state index < -0.39 is 0 Å². The Hall–Kier alpha value is -1.03. The second-order valence-electron chi connectivity index (χ2n) is 3.63. The maximum Gasteiger partial charge on any atom is 0.271 e. The monoisotopic (exact) mass is 229 g/mol. The summed E-state index contributed by atoms with van der Waals surface area (Å²) in [5.41, 5.74) is 0.454. The molecule has 84 valence electrons. The van der Waals surface area contributed by atoms with Crippen LogP contribution in [-0.2, 0) is 7.05 Å². The third-order valence-corrected chi connectivity index (χ3v) is 2.35. The number of carbonyl (C=O) groups is 1. The van der Waals surface area contributed by atoms with Crippen molar-refractivity contribution in [3.05, 3.63) is 18.2 Å². The van der Waals surface area contributed by atoms with Crippen LogP contribution in [0.4, 0.5) is 0 Å². The number of halogens is 1. The van der Waals surface area contributed by atoms with E-state index >= 15 is 0 Å². The van der Waals surface area contributed by atoms with Crippen LogP contribution in [0.25, 0.3) is 0 Å². The van der Waals surface area contributed by atoms with Gasteiger partial charge in [-0.25, -0.2) is 4.98 Å². The minimum absolute atomic E-state index is 0.127. The number of hydrogen-bond acceptors (Lipinski definition) is 2. The zero-order valence-electron chi connectivity index (χ0n) is 9.03. The number of amides is 1. The van der Waals surface area contributed by atoms with Crippen LogP contribution in [0.1, 0.15) is 30.3 Å². The number of rotatable bonds is 5. The van der Waals surface area contributed by atoms with Crippen molar-refractivity contribution in [3.8, 4) is 0 Å². The summed E-state index contributed by atoms with van der Waals surface area (Å²) in [6.07, 6.45) is 5.11. The molecule has 15 heavy (non-hydrogen) atoms. The van der Waals surface area contributed by atoms with Gasteiger partial charge in [0.25, 0.3) is 5.91 Å². The standard InChI is InChI=1S/C10H16ClN3O/c1-8(4-3-5-11)13-10(15)9-6-14(2)7-12-9/h6-8H,3-5H2,1-2H3,(H,13,15). The summed E-state index contributed by atoms with van der Waals surface area (Å²) in [6, 6.07) is 0.137. The highest BCUT2D eigenvalue weighted by Gasteiger charge is 2.11. The molecule has 0 aromatic carbocycles. The third kappa shape index (κ3) is 3.91. The Morgan fingerprint density at radius 1 is 1.73 bits per heavy atom. The molecular weight excluding hydrogens is 214 g/mol. The first-order valence-corrected chi connectivity index (χ1v) is 5.51. The predicted molar refractivity (Wildman–Crippen MR) is 60.1 cm³/mol. The Bertz CT molecular complexity index is 324. The zero-order chi connectivity index (χ0) is 11.3. The van der Waals surface area contributed by atoms with E-state index in [2.05, 4.69) is 10.3 Å². The Balaban J connectivity index is 2.42. The summed E-state index contributed by atoms with van der Waals surface area (Å²) >= 11 is 5.57. The number of hydrogen-bond donors (Lipinski definition) is 1. The molecule has 1 amide bonds. The highest BCUT2D eigenvalue weighted by Crippen LogP contribution is 2.00. The van der Waals surface area contributed by atoms with Crippen LogP contribution < -0.4 is 5.32 Å². The summed E-state index contributed by atoms with van der Waals surface area (Å²) < 4.78 is 1.75. The van der Waals surface area contributed by atoms with Gasteiger partial charge in [-0.15, -0.1) is 11.6 Å². The lowest BCUT2D eigenvalue weighted by Crippen LogP contribution is -2.32. The number of nitrogens with one attached hydrogen (secondary N) is 1. The molecule has 1 atom stereocenters. The number of aromatic nitrogens is 2.